The number of nitrogens with zero attached hydrogens (tertiary/aromatic N) is 1. The molecule has 4 nitrogen and oxygen atoms in total. The van der Waals surface area contributed by atoms with Crippen LogP contribution < -0.4 is 10.6 Å². The summed E-state index contributed by atoms with van der Waals surface area (Å²) in [6.07, 6.45) is 2.73. The molecular formula is C22H23BrClN3O. The van der Waals surface area contributed by atoms with E-state index in [-0.39, 0.29) is 0 Å². The Hall–Kier alpha value is -2.08. The quantitative estimate of drug-likeness (QED) is 0.355. The van der Waals surface area contributed by atoms with Crippen molar-refractivity contribution in [2.24, 2.45) is 0 Å². The zero-order valence-electron chi connectivity index (χ0n) is 15.7. The van der Waals surface area contributed by atoms with Crippen LogP contribution in [0.1, 0.15) is 17.5 Å². The summed E-state index contributed by atoms with van der Waals surface area (Å²) >= 11 is 9.74. The number of anilines is 3. The lowest BCUT2D eigenvalue weighted by molar-refractivity contribution is 0.120. The lowest BCUT2D eigenvalue weighted by Crippen LogP contribution is -2.08. The van der Waals surface area contributed by atoms with Gasteiger partial charge in [0, 0.05) is 24.4 Å². The summed E-state index contributed by atoms with van der Waals surface area (Å²) < 4.78 is 6.65. The second-order valence-electron chi connectivity index (χ2n) is 6.48. The van der Waals surface area contributed by atoms with Crippen LogP contribution in [0.15, 0.2) is 65.3 Å². The average molecular weight is 461 g/mol. The van der Waals surface area contributed by atoms with E-state index >= 15 is 0 Å². The van der Waals surface area contributed by atoms with Crippen LogP contribution in [-0.4, -0.2) is 18.1 Å². The van der Waals surface area contributed by atoms with Gasteiger partial charge in [0.15, 0.2) is 0 Å². The van der Waals surface area contributed by atoms with Crippen molar-refractivity contribution < 1.29 is 4.74 Å². The second-order valence-corrected chi connectivity index (χ2v) is 7.77. The van der Waals surface area contributed by atoms with Gasteiger partial charge >= 0.3 is 0 Å². The smallest absolute Gasteiger partial charge is 0.144 e. The maximum Gasteiger partial charge on any atom is 0.144 e. The maximum atomic E-state index is 6.19. The molecule has 1 aromatic heterocycles. The van der Waals surface area contributed by atoms with Crippen LogP contribution in [0.3, 0.4) is 0 Å². The highest BCUT2D eigenvalue weighted by Crippen LogP contribution is 2.31. The zero-order chi connectivity index (χ0) is 19.8. The minimum Gasteiger partial charge on any atom is -0.383 e. The molecule has 0 unspecified atom stereocenters. The highest BCUT2D eigenvalue weighted by molar-refractivity contribution is 9.10. The molecule has 0 saturated heterocycles. The van der Waals surface area contributed by atoms with E-state index in [0.717, 1.165) is 40.2 Å². The highest BCUT2D eigenvalue weighted by atomic mass is 79.9. The van der Waals surface area contributed by atoms with Gasteiger partial charge in [0.25, 0.3) is 0 Å². The highest BCUT2D eigenvalue weighted by Gasteiger charge is 2.07. The SMILES string of the molecule is Cc1cnc(Nc2cc(Cl)ccc2NCCCOCc2ccccc2)c(Br)c1. The van der Waals surface area contributed by atoms with Crippen LogP contribution in [0, 0.1) is 6.92 Å². The molecule has 0 bridgehead atoms. The van der Waals surface area contributed by atoms with Gasteiger partial charge < -0.3 is 15.4 Å². The molecule has 0 fully saturated rings. The Balaban J connectivity index is 1.52. The maximum absolute atomic E-state index is 6.19. The van der Waals surface area contributed by atoms with Gasteiger partial charge in [0.2, 0.25) is 0 Å². The molecule has 0 aliphatic rings. The first-order valence-corrected chi connectivity index (χ1v) is 10.3. The molecule has 0 radical (unpaired) electrons. The third-order valence-electron chi connectivity index (χ3n) is 4.11. The van der Waals surface area contributed by atoms with Crippen molar-refractivity contribution in [3.8, 4) is 0 Å². The number of aromatic nitrogens is 1. The van der Waals surface area contributed by atoms with Crippen LogP contribution in [-0.2, 0) is 11.3 Å². The van der Waals surface area contributed by atoms with E-state index in [0.29, 0.717) is 18.2 Å². The average Bonchev–Trinajstić information content (AvgIpc) is 2.69. The number of hydrogen-bond acceptors (Lipinski definition) is 4. The zero-order valence-corrected chi connectivity index (χ0v) is 18.1. The van der Waals surface area contributed by atoms with E-state index in [9.17, 15) is 0 Å². The summed E-state index contributed by atoms with van der Waals surface area (Å²) in [7, 11) is 0. The Morgan fingerprint density at radius 3 is 2.68 bits per heavy atom. The molecule has 3 aromatic rings. The number of rotatable bonds is 9. The molecule has 0 spiro atoms. The largest absolute Gasteiger partial charge is 0.383 e. The topological polar surface area (TPSA) is 46.2 Å². The molecular weight excluding hydrogens is 438 g/mol. The summed E-state index contributed by atoms with van der Waals surface area (Å²) in [6, 6.07) is 18.0. The summed E-state index contributed by atoms with van der Waals surface area (Å²) in [6.45, 7) is 4.15. The monoisotopic (exact) mass is 459 g/mol. The first kappa shape index (κ1) is 20.6. The summed E-state index contributed by atoms with van der Waals surface area (Å²) in [4.78, 5) is 4.44. The normalized spacial score (nSPS) is 10.7. The van der Waals surface area contributed by atoms with Gasteiger partial charge in [-0.25, -0.2) is 4.98 Å². The predicted octanol–water partition coefficient (Wildman–Crippen LogP) is 6.57. The van der Waals surface area contributed by atoms with Gasteiger partial charge in [-0.2, -0.15) is 0 Å². The molecule has 0 aliphatic carbocycles. The Kier molecular flexibility index (Phi) is 7.71. The summed E-state index contributed by atoms with van der Waals surface area (Å²) in [5, 5.41) is 7.46. The molecule has 3 rings (SSSR count). The van der Waals surface area contributed by atoms with Crippen LogP contribution in [0.2, 0.25) is 5.02 Å². The van der Waals surface area contributed by atoms with Crippen molar-refractivity contribution in [2.45, 2.75) is 20.0 Å². The Labute approximate surface area is 179 Å². The van der Waals surface area contributed by atoms with Gasteiger partial charge in [0.1, 0.15) is 5.82 Å². The first-order chi connectivity index (χ1) is 13.6. The first-order valence-electron chi connectivity index (χ1n) is 9.16. The summed E-state index contributed by atoms with van der Waals surface area (Å²) in [5.41, 5.74) is 4.14. The fourth-order valence-corrected chi connectivity index (χ4v) is 3.42. The van der Waals surface area contributed by atoms with E-state index in [1.807, 2.05) is 55.6 Å². The Morgan fingerprint density at radius 1 is 1.07 bits per heavy atom. The van der Waals surface area contributed by atoms with E-state index in [1.54, 1.807) is 0 Å². The number of halogens is 2. The van der Waals surface area contributed by atoms with Gasteiger partial charge in [-0.15, -0.1) is 0 Å². The molecule has 2 N–H and O–H groups in total. The fourth-order valence-electron chi connectivity index (χ4n) is 2.69. The van der Waals surface area contributed by atoms with E-state index in [2.05, 4.69) is 43.7 Å². The van der Waals surface area contributed by atoms with Gasteiger partial charge in [-0.1, -0.05) is 41.9 Å². The van der Waals surface area contributed by atoms with Crippen molar-refractivity contribution >= 4 is 44.7 Å². The molecule has 146 valence electrons. The van der Waals surface area contributed by atoms with Gasteiger partial charge in [-0.05, 0) is 64.7 Å². The van der Waals surface area contributed by atoms with Crippen molar-refractivity contribution in [1.29, 1.82) is 0 Å². The molecule has 0 aliphatic heterocycles. The lowest BCUT2D eigenvalue weighted by atomic mass is 10.2. The number of pyridine rings is 1. The van der Waals surface area contributed by atoms with E-state index in [4.69, 9.17) is 16.3 Å². The Bertz CT molecular complexity index is 906. The standard InChI is InChI=1S/C22H23BrClN3O/c1-16-12-19(23)22(26-14-16)27-21-13-18(24)8-9-20(21)25-10-5-11-28-15-17-6-3-2-4-7-17/h2-4,6-9,12-14,25H,5,10-11,15H2,1H3,(H,26,27). The van der Waals surface area contributed by atoms with Crippen LogP contribution >= 0.6 is 27.5 Å². The minimum absolute atomic E-state index is 0.641. The molecule has 0 atom stereocenters. The molecule has 28 heavy (non-hydrogen) atoms. The molecule has 0 saturated carbocycles. The van der Waals surface area contributed by atoms with Gasteiger partial charge in [0.05, 0.1) is 22.5 Å². The van der Waals surface area contributed by atoms with E-state index in [1.165, 1.54) is 5.56 Å². The third kappa shape index (κ3) is 6.23. The second kappa shape index (κ2) is 10.5. The molecule has 0 amide bonds. The number of hydrogen-bond donors (Lipinski definition) is 2. The van der Waals surface area contributed by atoms with Crippen LogP contribution in [0.4, 0.5) is 17.2 Å². The predicted molar refractivity (Wildman–Crippen MR) is 121 cm³/mol. The van der Waals surface area contributed by atoms with Crippen LogP contribution in [0.25, 0.3) is 0 Å². The number of ether oxygens (including phenoxy) is 1. The number of benzene rings is 2. The fraction of sp³-hybridized carbons (Fsp3) is 0.227. The summed E-state index contributed by atoms with van der Waals surface area (Å²) in [5.74, 6) is 0.752. The lowest BCUT2D eigenvalue weighted by Gasteiger charge is -2.15. The van der Waals surface area contributed by atoms with E-state index < -0.39 is 0 Å². The van der Waals surface area contributed by atoms with Crippen molar-refractivity contribution in [1.82, 2.24) is 4.98 Å². The van der Waals surface area contributed by atoms with Crippen molar-refractivity contribution in [2.75, 3.05) is 23.8 Å². The van der Waals surface area contributed by atoms with Crippen molar-refractivity contribution in [3.05, 3.63) is 81.4 Å². The molecule has 6 heteroatoms. The van der Waals surface area contributed by atoms with Crippen LogP contribution in [0.5, 0.6) is 0 Å². The van der Waals surface area contributed by atoms with Gasteiger partial charge in [-0.3, -0.25) is 0 Å². The number of aryl methyl sites for hydroxylation is 1. The minimum atomic E-state index is 0.641. The number of nitrogens with one attached hydrogen (secondary N) is 2. The third-order valence-corrected chi connectivity index (χ3v) is 4.94. The molecule has 1 heterocycles. The van der Waals surface area contributed by atoms with Crippen molar-refractivity contribution in [3.63, 3.8) is 0 Å². The Morgan fingerprint density at radius 2 is 1.89 bits per heavy atom. The molecule has 2 aromatic carbocycles.